The van der Waals surface area contributed by atoms with Crippen LogP contribution in [-0.2, 0) is 4.74 Å². The van der Waals surface area contributed by atoms with Crippen LogP contribution in [-0.4, -0.2) is 18.2 Å². The first kappa shape index (κ1) is 11.6. The Bertz CT molecular complexity index is 503. The van der Waals surface area contributed by atoms with Crippen molar-refractivity contribution in [2.75, 3.05) is 7.11 Å². The van der Waals surface area contributed by atoms with Crippen molar-refractivity contribution in [3.05, 3.63) is 29.3 Å². The Hall–Kier alpha value is -2.46. The van der Waals surface area contributed by atoms with Gasteiger partial charge in [0.15, 0.2) is 0 Å². The molecular weight excluding hydrogens is 206 g/mol. The lowest BCUT2D eigenvalue weighted by Crippen LogP contribution is -2.01. The number of carbonyl (C=O) groups excluding carboxylic acids is 1. The summed E-state index contributed by atoms with van der Waals surface area (Å²) >= 11 is 0. The van der Waals surface area contributed by atoms with Crippen LogP contribution in [0, 0.1) is 23.2 Å². The zero-order valence-corrected chi connectivity index (χ0v) is 8.65. The Morgan fingerprint density at radius 3 is 2.94 bits per heavy atom. The molecule has 0 bridgehead atoms. The number of phenols is 1. The second-order valence-corrected chi connectivity index (χ2v) is 2.86. The highest BCUT2D eigenvalue weighted by molar-refractivity contribution is 5.90. The molecule has 0 saturated heterocycles. The highest BCUT2D eigenvalue weighted by atomic mass is 16.5. The molecule has 0 aliphatic carbocycles. The van der Waals surface area contributed by atoms with Crippen LogP contribution in [0.15, 0.2) is 18.2 Å². The molecule has 0 fully saturated rings. The van der Waals surface area contributed by atoms with Crippen molar-refractivity contribution >= 4 is 5.97 Å². The molecule has 0 aliphatic rings. The van der Waals surface area contributed by atoms with E-state index in [2.05, 4.69) is 16.6 Å². The fourth-order valence-corrected chi connectivity index (χ4v) is 1.06. The van der Waals surface area contributed by atoms with E-state index in [1.165, 1.54) is 25.3 Å². The van der Waals surface area contributed by atoms with Gasteiger partial charge in [0.25, 0.3) is 0 Å². The fourth-order valence-electron chi connectivity index (χ4n) is 1.06. The lowest BCUT2D eigenvalue weighted by atomic mass is 10.1. The summed E-state index contributed by atoms with van der Waals surface area (Å²) in [5, 5.41) is 17.8. The summed E-state index contributed by atoms with van der Waals surface area (Å²) in [7, 11) is 1.27. The normalized spacial score (nSPS) is 8.50. The molecule has 1 aromatic carbocycles. The average molecular weight is 215 g/mol. The van der Waals surface area contributed by atoms with Crippen LogP contribution < -0.4 is 0 Å². The molecule has 4 nitrogen and oxygen atoms in total. The van der Waals surface area contributed by atoms with E-state index < -0.39 is 5.97 Å². The van der Waals surface area contributed by atoms with Crippen molar-refractivity contribution in [1.29, 1.82) is 5.26 Å². The first-order valence-corrected chi connectivity index (χ1v) is 4.46. The van der Waals surface area contributed by atoms with E-state index in [1.807, 2.05) is 6.07 Å². The Kier molecular flexibility index (Phi) is 3.94. The number of phenolic OH excluding ortho intramolecular Hbond substituents is 1. The molecule has 1 N–H and O–H groups in total. The minimum absolute atomic E-state index is 0.0295. The van der Waals surface area contributed by atoms with Crippen LogP contribution in [0.3, 0.4) is 0 Å². The minimum Gasteiger partial charge on any atom is -0.507 e. The highest BCUT2D eigenvalue weighted by Crippen LogP contribution is 2.17. The van der Waals surface area contributed by atoms with Gasteiger partial charge in [0.1, 0.15) is 5.75 Å². The zero-order chi connectivity index (χ0) is 12.0. The summed E-state index contributed by atoms with van der Waals surface area (Å²) in [5.41, 5.74) is 0.611. The quantitative estimate of drug-likeness (QED) is 0.568. The SMILES string of the molecule is COC(=O)c1ccc(O)c(C#CCC#N)c1. The summed E-state index contributed by atoms with van der Waals surface area (Å²) in [6.07, 6.45) is 0.0713. The first-order valence-electron chi connectivity index (χ1n) is 4.46. The summed E-state index contributed by atoms with van der Waals surface area (Å²) in [6.45, 7) is 0. The zero-order valence-electron chi connectivity index (χ0n) is 8.65. The monoisotopic (exact) mass is 215 g/mol. The van der Waals surface area contributed by atoms with Gasteiger partial charge in [-0.25, -0.2) is 4.79 Å². The molecule has 0 amide bonds. The minimum atomic E-state index is -0.497. The number of aromatic hydroxyl groups is 1. The fraction of sp³-hybridized carbons (Fsp3) is 0.167. The Balaban J connectivity index is 3.06. The number of carbonyl (C=O) groups is 1. The molecule has 0 spiro atoms. The maximum absolute atomic E-state index is 11.2. The molecule has 4 heteroatoms. The number of rotatable bonds is 1. The molecule has 0 radical (unpaired) electrons. The average Bonchev–Trinajstić information content (AvgIpc) is 2.31. The van der Waals surface area contributed by atoms with E-state index in [-0.39, 0.29) is 12.2 Å². The van der Waals surface area contributed by atoms with Gasteiger partial charge >= 0.3 is 5.97 Å². The van der Waals surface area contributed by atoms with Gasteiger partial charge in [-0.3, -0.25) is 0 Å². The third-order valence-electron chi connectivity index (χ3n) is 1.81. The van der Waals surface area contributed by atoms with Gasteiger partial charge in [0, 0.05) is 0 Å². The van der Waals surface area contributed by atoms with Crippen LogP contribution in [0.2, 0.25) is 0 Å². The van der Waals surface area contributed by atoms with Crippen molar-refractivity contribution in [2.24, 2.45) is 0 Å². The largest absolute Gasteiger partial charge is 0.507 e. The Labute approximate surface area is 93.1 Å². The van der Waals surface area contributed by atoms with Gasteiger partial charge < -0.3 is 9.84 Å². The van der Waals surface area contributed by atoms with Gasteiger partial charge in [0.05, 0.1) is 30.7 Å². The molecule has 0 heterocycles. The number of benzene rings is 1. The van der Waals surface area contributed by atoms with Crippen molar-refractivity contribution in [3.8, 4) is 23.7 Å². The predicted octanol–water partition coefficient (Wildman–Crippen LogP) is 1.44. The van der Waals surface area contributed by atoms with Gasteiger partial charge in [0.2, 0.25) is 0 Å². The molecule has 0 unspecified atom stereocenters. The second kappa shape index (κ2) is 5.43. The van der Waals surface area contributed by atoms with Crippen molar-refractivity contribution in [2.45, 2.75) is 6.42 Å². The van der Waals surface area contributed by atoms with Gasteiger partial charge in [-0.2, -0.15) is 5.26 Å². The Morgan fingerprint density at radius 1 is 1.56 bits per heavy atom. The van der Waals surface area contributed by atoms with Crippen molar-refractivity contribution in [3.63, 3.8) is 0 Å². The molecule has 16 heavy (non-hydrogen) atoms. The van der Waals surface area contributed by atoms with Gasteiger partial charge in [-0.15, -0.1) is 0 Å². The van der Waals surface area contributed by atoms with Crippen LogP contribution in [0.25, 0.3) is 0 Å². The number of hydrogen-bond donors (Lipinski definition) is 1. The van der Waals surface area contributed by atoms with Gasteiger partial charge in [-0.1, -0.05) is 11.8 Å². The molecular formula is C12H9NO3. The first-order chi connectivity index (χ1) is 7.69. The maximum Gasteiger partial charge on any atom is 0.337 e. The standard InChI is InChI=1S/C12H9NO3/c1-16-12(15)10-5-6-11(14)9(8-10)4-2-3-7-13/h5-6,8,14H,3H2,1H3. The van der Waals surface area contributed by atoms with Crippen LogP contribution in [0.5, 0.6) is 5.75 Å². The molecule has 0 atom stereocenters. The summed E-state index contributed by atoms with van der Waals surface area (Å²) in [5.74, 6) is 4.63. The van der Waals surface area contributed by atoms with Crippen LogP contribution in [0.1, 0.15) is 22.3 Å². The molecule has 0 aliphatic heterocycles. The number of ether oxygens (including phenoxy) is 1. The van der Waals surface area contributed by atoms with Gasteiger partial charge in [-0.05, 0) is 18.2 Å². The number of esters is 1. The van der Waals surface area contributed by atoms with E-state index in [0.29, 0.717) is 11.1 Å². The lowest BCUT2D eigenvalue weighted by molar-refractivity contribution is 0.0600. The summed E-state index contributed by atoms with van der Waals surface area (Å²) in [6, 6.07) is 6.09. The van der Waals surface area contributed by atoms with E-state index in [0.717, 1.165) is 0 Å². The number of methoxy groups -OCH3 is 1. The molecule has 0 aromatic heterocycles. The van der Waals surface area contributed by atoms with E-state index >= 15 is 0 Å². The maximum atomic E-state index is 11.2. The lowest BCUT2D eigenvalue weighted by Gasteiger charge is -2.01. The second-order valence-electron chi connectivity index (χ2n) is 2.86. The number of hydrogen-bond acceptors (Lipinski definition) is 4. The third kappa shape index (κ3) is 2.76. The van der Waals surface area contributed by atoms with E-state index in [1.54, 1.807) is 0 Å². The molecule has 0 saturated carbocycles. The summed E-state index contributed by atoms with van der Waals surface area (Å²) < 4.78 is 4.54. The Morgan fingerprint density at radius 2 is 2.31 bits per heavy atom. The van der Waals surface area contributed by atoms with Crippen molar-refractivity contribution in [1.82, 2.24) is 0 Å². The third-order valence-corrected chi connectivity index (χ3v) is 1.81. The van der Waals surface area contributed by atoms with E-state index in [9.17, 15) is 9.90 Å². The smallest absolute Gasteiger partial charge is 0.337 e. The molecule has 80 valence electrons. The predicted molar refractivity (Wildman–Crippen MR) is 56.6 cm³/mol. The van der Waals surface area contributed by atoms with Crippen molar-refractivity contribution < 1.29 is 14.6 Å². The summed E-state index contributed by atoms with van der Waals surface area (Å²) in [4.78, 5) is 11.2. The highest BCUT2D eigenvalue weighted by Gasteiger charge is 2.07. The topological polar surface area (TPSA) is 70.3 Å². The number of nitriles is 1. The van der Waals surface area contributed by atoms with Crippen LogP contribution in [0.4, 0.5) is 0 Å². The van der Waals surface area contributed by atoms with E-state index in [4.69, 9.17) is 5.26 Å². The van der Waals surface area contributed by atoms with Crippen LogP contribution >= 0.6 is 0 Å². The molecule has 1 rings (SSSR count). The number of nitrogens with zero attached hydrogens (tertiary/aromatic N) is 1. The molecule has 1 aromatic rings.